The lowest BCUT2D eigenvalue weighted by Gasteiger charge is -2.34. The minimum atomic E-state index is -0.149. The fourth-order valence-electron chi connectivity index (χ4n) is 2.88. The highest BCUT2D eigenvalue weighted by Gasteiger charge is 2.26. The van der Waals surface area contributed by atoms with Crippen LogP contribution in [0.5, 0.6) is 0 Å². The van der Waals surface area contributed by atoms with Crippen molar-refractivity contribution >= 4 is 23.6 Å². The summed E-state index contributed by atoms with van der Waals surface area (Å²) in [5.41, 5.74) is 0. The van der Waals surface area contributed by atoms with Gasteiger partial charge in [0.25, 0.3) is 5.91 Å². The van der Waals surface area contributed by atoms with Crippen molar-refractivity contribution in [1.29, 1.82) is 0 Å². The van der Waals surface area contributed by atoms with Crippen molar-refractivity contribution in [2.45, 2.75) is 11.7 Å². The highest BCUT2D eigenvalue weighted by atomic mass is 32.2. The van der Waals surface area contributed by atoms with E-state index in [1.165, 1.54) is 18.0 Å². The molecule has 28 heavy (non-hydrogen) atoms. The van der Waals surface area contributed by atoms with E-state index in [2.05, 4.69) is 15.5 Å². The Bertz CT molecular complexity index is 916. The van der Waals surface area contributed by atoms with Gasteiger partial charge < -0.3 is 18.6 Å². The van der Waals surface area contributed by atoms with Crippen LogP contribution in [0.25, 0.3) is 0 Å². The Morgan fingerprint density at radius 2 is 1.79 bits per heavy atom. The molecule has 0 aliphatic carbocycles. The van der Waals surface area contributed by atoms with Gasteiger partial charge in [-0.1, -0.05) is 11.8 Å². The summed E-state index contributed by atoms with van der Waals surface area (Å²) in [4.78, 5) is 28.2. The van der Waals surface area contributed by atoms with Gasteiger partial charge in [-0.25, -0.2) is 4.68 Å². The Balaban J connectivity index is 1.26. The van der Waals surface area contributed by atoms with E-state index in [9.17, 15) is 9.59 Å². The van der Waals surface area contributed by atoms with Gasteiger partial charge in [0.1, 0.15) is 12.3 Å². The predicted octanol–water partition coefficient (Wildman–Crippen LogP) is 0.984. The number of rotatable bonds is 6. The molecule has 0 atom stereocenters. The minimum absolute atomic E-state index is 0.0114. The zero-order chi connectivity index (χ0) is 19.3. The molecule has 1 aliphatic heterocycles. The van der Waals surface area contributed by atoms with Gasteiger partial charge in [0.2, 0.25) is 11.1 Å². The second kappa shape index (κ2) is 8.30. The van der Waals surface area contributed by atoms with Gasteiger partial charge in [-0.3, -0.25) is 9.59 Å². The van der Waals surface area contributed by atoms with Crippen molar-refractivity contribution in [3.05, 3.63) is 48.3 Å². The number of aromatic nitrogens is 4. The molecule has 3 aromatic rings. The molecule has 1 aliphatic rings. The largest absolute Gasteiger partial charge is 0.467 e. The third-order valence-corrected chi connectivity index (χ3v) is 5.30. The molecule has 10 nitrogen and oxygen atoms in total. The number of carbonyl (C=O) groups is 2. The molecule has 3 aromatic heterocycles. The van der Waals surface area contributed by atoms with Crippen LogP contribution in [0.2, 0.25) is 0 Å². The van der Waals surface area contributed by atoms with Gasteiger partial charge in [0.15, 0.2) is 5.76 Å². The average Bonchev–Trinajstić information content (AvgIpc) is 3.49. The lowest BCUT2D eigenvalue weighted by Crippen LogP contribution is -2.51. The van der Waals surface area contributed by atoms with Crippen molar-refractivity contribution in [2.75, 3.05) is 31.9 Å². The Morgan fingerprint density at radius 1 is 1.04 bits per heavy atom. The van der Waals surface area contributed by atoms with Crippen LogP contribution in [0.15, 0.2) is 50.8 Å². The molecule has 0 radical (unpaired) electrons. The summed E-state index contributed by atoms with van der Waals surface area (Å²) in [5, 5.41) is 12.1. The number of thioether (sulfide) groups is 1. The highest BCUT2D eigenvalue weighted by Crippen LogP contribution is 2.17. The van der Waals surface area contributed by atoms with Crippen LogP contribution in [-0.2, 0) is 11.3 Å². The topological polar surface area (TPSA) is 110 Å². The number of piperazine rings is 1. The van der Waals surface area contributed by atoms with E-state index >= 15 is 0 Å². The number of amides is 2. The van der Waals surface area contributed by atoms with E-state index < -0.39 is 0 Å². The van der Waals surface area contributed by atoms with Crippen LogP contribution < -0.4 is 0 Å². The number of tetrazole rings is 1. The molecule has 0 saturated carbocycles. The fraction of sp³-hybridized carbons (Fsp3) is 0.353. The van der Waals surface area contributed by atoms with Crippen molar-refractivity contribution in [2.24, 2.45) is 0 Å². The third-order valence-electron chi connectivity index (χ3n) is 4.36. The summed E-state index contributed by atoms with van der Waals surface area (Å²) in [7, 11) is 0. The molecule has 2 amide bonds. The Labute approximate surface area is 164 Å². The summed E-state index contributed by atoms with van der Waals surface area (Å²) >= 11 is 1.28. The third kappa shape index (κ3) is 4.09. The molecule has 1 fully saturated rings. The maximum atomic E-state index is 12.5. The van der Waals surface area contributed by atoms with Crippen LogP contribution in [0.3, 0.4) is 0 Å². The summed E-state index contributed by atoms with van der Waals surface area (Å²) in [6.45, 7) is 2.34. The lowest BCUT2D eigenvalue weighted by atomic mass is 10.3. The predicted molar refractivity (Wildman–Crippen MR) is 97.5 cm³/mol. The Morgan fingerprint density at radius 3 is 2.50 bits per heavy atom. The van der Waals surface area contributed by atoms with Gasteiger partial charge in [-0.05, 0) is 34.7 Å². The average molecular weight is 402 g/mol. The quantitative estimate of drug-likeness (QED) is 0.561. The molecule has 1 saturated heterocycles. The molecule has 0 N–H and O–H groups in total. The fourth-order valence-corrected chi connectivity index (χ4v) is 3.66. The molecule has 0 bridgehead atoms. The first-order chi connectivity index (χ1) is 13.7. The van der Waals surface area contributed by atoms with Crippen LogP contribution >= 0.6 is 11.8 Å². The molecular formula is C17H18N6O4S. The van der Waals surface area contributed by atoms with E-state index in [-0.39, 0.29) is 17.6 Å². The standard InChI is InChI=1S/C17H18N6O4S/c24-15(12-28-17-18-19-20-23(17)11-13-3-1-9-26-13)21-5-7-22(8-6-21)16(25)14-4-2-10-27-14/h1-4,9-10H,5-8,11-12H2. The summed E-state index contributed by atoms with van der Waals surface area (Å²) in [6.07, 6.45) is 3.07. The molecule has 4 heterocycles. The molecule has 146 valence electrons. The Hall–Kier alpha value is -3.08. The first kappa shape index (κ1) is 18.3. The van der Waals surface area contributed by atoms with Crippen LogP contribution in [0.4, 0.5) is 0 Å². The normalized spacial score (nSPS) is 14.4. The lowest BCUT2D eigenvalue weighted by molar-refractivity contribution is -0.129. The minimum Gasteiger partial charge on any atom is -0.467 e. The van der Waals surface area contributed by atoms with E-state index in [0.717, 1.165) is 5.76 Å². The SMILES string of the molecule is O=C(CSc1nnnn1Cc1ccco1)N1CCN(C(=O)c2ccco2)CC1. The monoisotopic (exact) mass is 402 g/mol. The van der Waals surface area contributed by atoms with Crippen molar-refractivity contribution in [1.82, 2.24) is 30.0 Å². The zero-order valence-electron chi connectivity index (χ0n) is 14.9. The van der Waals surface area contributed by atoms with Gasteiger partial charge in [0, 0.05) is 26.2 Å². The molecule has 4 rings (SSSR count). The number of nitrogens with zero attached hydrogens (tertiary/aromatic N) is 6. The van der Waals surface area contributed by atoms with Gasteiger partial charge in [-0.2, -0.15) is 0 Å². The maximum Gasteiger partial charge on any atom is 0.289 e. The molecular weight excluding hydrogens is 384 g/mol. The van der Waals surface area contributed by atoms with E-state index in [4.69, 9.17) is 8.83 Å². The smallest absolute Gasteiger partial charge is 0.289 e. The molecule has 0 unspecified atom stereocenters. The van der Waals surface area contributed by atoms with Crippen molar-refractivity contribution in [3.63, 3.8) is 0 Å². The van der Waals surface area contributed by atoms with E-state index in [1.807, 2.05) is 6.07 Å². The number of furan rings is 2. The second-order valence-electron chi connectivity index (χ2n) is 6.14. The second-order valence-corrected chi connectivity index (χ2v) is 7.08. The van der Waals surface area contributed by atoms with Crippen molar-refractivity contribution in [3.8, 4) is 0 Å². The first-order valence-corrected chi connectivity index (χ1v) is 9.71. The Kier molecular flexibility index (Phi) is 5.42. The van der Waals surface area contributed by atoms with Gasteiger partial charge >= 0.3 is 0 Å². The van der Waals surface area contributed by atoms with Crippen molar-refractivity contribution < 1.29 is 18.4 Å². The number of carbonyl (C=O) groups excluding carboxylic acids is 2. The van der Waals surface area contributed by atoms with E-state index in [1.54, 1.807) is 38.9 Å². The summed E-state index contributed by atoms with van der Waals surface area (Å²) in [5.74, 6) is 1.12. The van der Waals surface area contributed by atoms with E-state index in [0.29, 0.717) is 43.6 Å². The van der Waals surface area contributed by atoms with Crippen LogP contribution in [0.1, 0.15) is 16.3 Å². The molecule has 11 heteroatoms. The summed E-state index contributed by atoms with van der Waals surface area (Å²) < 4.78 is 12.0. The highest BCUT2D eigenvalue weighted by molar-refractivity contribution is 7.99. The first-order valence-electron chi connectivity index (χ1n) is 8.72. The van der Waals surface area contributed by atoms with Crippen LogP contribution in [0, 0.1) is 0 Å². The van der Waals surface area contributed by atoms with Gasteiger partial charge in [-0.15, -0.1) is 5.10 Å². The molecule has 0 aromatic carbocycles. The molecule has 0 spiro atoms. The van der Waals surface area contributed by atoms with Gasteiger partial charge in [0.05, 0.1) is 18.3 Å². The summed E-state index contributed by atoms with van der Waals surface area (Å²) in [6, 6.07) is 6.96. The zero-order valence-corrected chi connectivity index (χ0v) is 15.7. The number of hydrogen-bond donors (Lipinski definition) is 0. The van der Waals surface area contributed by atoms with Crippen LogP contribution in [-0.4, -0.2) is 73.8 Å². The number of hydrogen-bond acceptors (Lipinski definition) is 8. The maximum absolute atomic E-state index is 12.5.